The van der Waals surface area contributed by atoms with Crippen molar-refractivity contribution in [2.45, 2.75) is 240 Å². The van der Waals surface area contributed by atoms with Crippen LogP contribution in [0.25, 0.3) is 0 Å². The lowest BCUT2D eigenvalue weighted by molar-refractivity contribution is -0.362. The minimum absolute atomic E-state index is 0.0603. The van der Waals surface area contributed by atoms with Gasteiger partial charge in [0.2, 0.25) is 0 Å². The summed E-state index contributed by atoms with van der Waals surface area (Å²) < 4.78 is 48.6. The van der Waals surface area contributed by atoms with Gasteiger partial charge in [0.05, 0.1) is 44.2 Å². The first-order valence-electron chi connectivity index (χ1n) is 27.1. The molecule has 9 aliphatic rings. The molecule has 0 aromatic rings. The van der Waals surface area contributed by atoms with Crippen LogP contribution in [-0.2, 0) is 37.9 Å². The van der Waals surface area contributed by atoms with Crippen LogP contribution in [0.4, 0.5) is 0 Å². The Labute approximate surface area is 427 Å². The number of hydrogen-bond acceptors (Lipinski definition) is 21. The lowest BCUT2D eigenvalue weighted by Crippen LogP contribution is -2.66. The molecule has 0 aromatic heterocycles. The van der Waals surface area contributed by atoms with E-state index in [1.54, 1.807) is 0 Å². The number of hydrogen-bond donors (Lipinski definition) is 13. The van der Waals surface area contributed by atoms with E-state index in [1.165, 1.54) is 19.4 Å². The van der Waals surface area contributed by atoms with Crippen LogP contribution in [-0.4, -0.2) is 221 Å². The van der Waals surface area contributed by atoms with Crippen molar-refractivity contribution in [1.82, 2.24) is 0 Å². The summed E-state index contributed by atoms with van der Waals surface area (Å²) in [6.45, 7) is 10.9. The maximum Gasteiger partial charge on any atom is 0.187 e. The number of fused-ring (bicyclic) bond motifs is 7. The summed E-state index contributed by atoms with van der Waals surface area (Å²) in [6.07, 6.45) is -17.6. The monoisotopic (exact) mass is 1050 g/mol. The highest BCUT2D eigenvalue weighted by Crippen LogP contribution is 2.70. The molecule has 73 heavy (non-hydrogen) atoms. The predicted molar refractivity (Wildman–Crippen MR) is 252 cm³/mol. The quantitative estimate of drug-likeness (QED) is 0.0898. The van der Waals surface area contributed by atoms with Gasteiger partial charge in [-0.15, -0.1) is 0 Å². The normalized spacial score (nSPS) is 55.5. The zero-order valence-electron chi connectivity index (χ0n) is 43.0. The number of rotatable bonds is 14. The fourth-order valence-electron chi connectivity index (χ4n) is 15.6. The third-order valence-corrected chi connectivity index (χ3v) is 19.9. The molecular weight excluding hydrogens is 961 g/mol. The summed E-state index contributed by atoms with van der Waals surface area (Å²) in [5, 5.41) is 139. The van der Waals surface area contributed by atoms with Crippen molar-refractivity contribution in [2.24, 2.45) is 52.3 Å². The van der Waals surface area contributed by atoms with E-state index in [9.17, 15) is 66.4 Å². The summed E-state index contributed by atoms with van der Waals surface area (Å²) in [6, 6.07) is 0. The van der Waals surface area contributed by atoms with E-state index in [4.69, 9.17) is 37.9 Å². The van der Waals surface area contributed by atoms with Gasteiger partial charge in [-0.1, -0.05) is 39.3 Å². The maximum absolute atomic E-state index is 12.2. The Hall–Kier alpha value is -1.10. The van der Waals surface area contributed by atoms with Gasteiger partial charge in [0.25, 0.3) is 0 Å². The van der Waals surface area contributed by atoms with Gasteiger partial charge < -0.3 is 104 Å². The van der Waals surface area contributed by atoms with Crippen LogP contribution < -0.4 is 0 Å². The van der Waals surface area contributed by atoms with Gasteiger partial charge in [0.1, 0.15) is 85.5 Å². The van der Waals surface area contributed by atoms with Gasteiger partial charge in [0.15, 0.2) is 24.7 Å². The number of ether oxygens (including phenoxy) is 8. The van der Waals surface area contributed by atoms with Gasteiger partial charge in [-0.3, -0.25) is 0 Å². The largest absolute Gasteiger partial charge is 0.394 e. The van der Waals surface area contributed by atoms with Crippen LogP contribution in [0.2, 0.25) is 0 Å². The Morgan fingerprint density at radius 2 is 1.26 bits per heavy atom. The SMILES string of the molecule is C[C@@H](CC[C@@]1(O)O[C@@H]2C[C@H]3[C@H]4CC=C5CC[C@@H](C[C@H]6O[C@@H](CO)[C@@H](O[C@H]7O[C@@H](C)[C@H](O)[C@H](O)[C@H]7O)[C@H](O)[C@H]6O[C@H]6O[C@@H](C)[C@@H](O)[C@H](O)[C@H]6O)C[C@]5(C)[C@@H]4CC[C@]3(C)[C@H]2[C@@H]1C)CO[C@@H]1O[C@@H](CO)[C@H](O)[C@H](O)[C@H]1O. The molecule has 21 heteroatoms. The molecule has 3 saturated carbocycles. The number of aliphatic hydroxyl groups is 13. The van der Waals surface area contributed by atoms with Gasteiger partial charge in [-0.25, -0.2) is 0 Å². The topological polar surface area (TPSA) is 337 Å². The number of allylic oxidation sites excluding steroid dienone is 2. The molecule has 4 aliphatic carbocycles. The van der Waals surface area contributed by atoms with E-state index in [0.717, 1.165) is 44.9 Å². The highest BCUT2D eigenvalue weighted by atomic mass is 16.7. The van der Waals surface area contributed by atoms with Crippen LogP contribution >= 0.6 is 0 Å². The van der Waals surface area contributed by atoms with Crippen LogP contribution in [0, 0.1) is 52.3 Å². The second-order valence-electron chi connectivity index (χ2n) is 24.3. The van der Waals surface area contributed by atoms with Crippen molar-refractivity contribution in [3.63, 3.8) is 0 Å². The molecule has 9 rings (SSSR count). The average Bonchev–Trinajstić information content (AvgIpc) is 3.80. The van der Waals surface area contributed by atoms with Crippen molar-refractivity contribution in [3.8, 4) is 0 Å². The van der Waals surface area contributed by atoms with E-state index in [2.05, 4.69) is 26.8 Å². The van der Waals surface area contributed by atoms with Crippen molar-refractivity contribution in [3.05, 3.63) is 11.6 Å². The fourth-order valence-corrected chi connectivity index (χ4v) is 15.6. The van der Waals surface area contributed by atoms with Crippen LogP contribution in [0.15, 0.2) is 11.6 Å². The minimum Gasteiger partial charge on any atom is -0.394 e. The van der Waals surface area contributed by atoms with Crippen molar-refractivity contribution < 1.29 is 104 Å². The highest BCUT2D eigenvalue weighted by Gasteiger charge is 2.68. The molecule has 5 saturated heterocycles. The molecule has 0 bridgehead atoms. The Kier molecular flexibility index (Phi) is 16.9. The predicted octanol–water partition coefficient (Wildman–Crippen LogP) is -1.32. The summed E-state index contributed by atoms with van der Waals surface area (Å²) in [7, 11) is 0. The first-order chi connectivity index (χ1) is 34.5. The second-order valence-corrected chi connectivity index (χ2v) is 24.3. The van der Waals surface area contributed by atoms with E-state index in [1.807, 2.05) is 6.92 Å². The zero-order valence-corrected chi connectivity index (χ0v) is 43.0. The third-order valence-electron chi connectivity index (χ3n) is 19.9. The van der Waals surface area contributed by atoms with Gasteiger partial charge in [-0.05, 0) is 118 Å². The van der Waals surface area contributed by atoms with Crippen LogP contribution in [0.3, 0.4) is 0 Å². The molecular formula is C52H86O21. The zero-order chi connectivity index (χ0) is 52.8. The maximum atomic E-state index is 12.2. The third kappa shape index (κ3) is 10.2. The molecule has 0 amide bonds. The summed E-state index contributed by atoms with van der Waals surface area (Å²) in [5.41, 5.74) is 1.22. The highest BCUT2D eigenvalue weighted by molar-refractivity contribution is 5.26. The molecule has 420 valence electrons. The first kappa shape index (κ1) is 56.6. The molecule has 21 nitrogen and oxygen atoms in total. The molecule has 13 N–H and O–H groups in total. The molecule has 0 unspecified atom stereocenters. The molecule has 0 aromatic carbocycles. The Balaban J connectivity index is 0.862. The lowest BCUT2D eigenvalue weighted by atomic mass is 9.46. The first-order valence-corrected chi connectivity index (χ1v) is 27.1. The van der Waals surface area contributed by atoms with Crippen LogP contribution in [0.5, 0.6) is 0 Å². The average molecular weight is 1050 g/mol. The number of aliphatic hydroxyl groups excluding tert-OH is 12. The lowest BCUT2D eigenvalue weighted by Gasteiger charge is -2.59. The van der Waals surface area contributed by atoms with E-state index < -0.39 is 142 Å². The molecule has 31 atom stereocenters. The molecule has 8 fully saturated rings. The minimum atomic E-state index is -1.72. The fraction of sp³-hybridized carbons (Fsp3) is 0.962. The molecule has 5 heterocycles. The molecule has 5 aliphatic heterocycles. The van der Waals surface area contributed by atoms with Gasteiger partial charge in [0, 0.05) is 12.3 Å². The van der Waals surface area contributed by atoms with E-state index in [0.29, 0.717) is 37.0 Å². The van der Waals surface area contributed by atoms with E-state index >= 15 is 0 Å². The van der Waals surface area contributed by atoms with Crippen molar-refractivity contribution in [1.29, 1.82) is 0 Å². The summed E-state index contributed by atoms with van der Waals surface area (Å²) >= 11 is 0. The van der Waals surface area contributed by atoms with Crippen LogP contribution in [0.1, 0.15) is 106 Å². The smallest absolute Gasteiger partial charge is 0.187 e. The molecule has 0 radical (unpaired) electrons. The Bertz CT molecular complexity index is 1900. The standard InChI is InChI=1S/C52H86O21/c1-21(20-66-47-41(61)40(60)37(57)32(18-53)70-47)11-14-52(65)22(2)34-30(73-52)16-29-27-10-9-26-8-7-25(17-51(26,6)28(27)12-13-50(29,34)5)15-31-45(71-48-42(62)38(58)35(55)23(3)67-48)44(64)46(33(19-54)69-31)72-49-43(63)39(59)36(56)24(4)68-49/h9,21-25,27-49,53-65H,7-8,10-20H2,1-6H3/t21-,22-,23-,24-,25-,27-,28+,29-,30+,31+,32-,33-,34-,35+,36-,37-,38-,39-,40-,41+,42+,43+,44+,45-,46+,47+,48+,49+,50-,51-,52+/m0/s1. The van der Waals surface area contributed by atoms with Gasteiger partial charge >= 0.3 is 0 Å². The molecule has 0 spiro atoms. The second kappa shape index (κ2) is 21.9. The van der Waals surface area contributed by atoms with Crippen molar-refractivity contribution >= 4 is 0 Å². The van der Waals surface area contributed by atoms with Gasteiger partial charge in [-0.2, -0.15) is 0 Å². The Morgan fingerprint density at radius 1 is 0.671 bits per heavy atom. The van der Waals surface area contributed by atoms with E-state index in [-0.39, 0.29) is 47.2 Å². The summed E-state index contributed by atoms with van der Waals surface area (Å²) in [4.78, 5) is 0. The Morgan fingerprint density at radius 3 is 1.88 bits per heavy atom. The van der Waals surface area contributed by atoms with Crippen molar-refractivity contribution in [2.75, 3.05) is 19.8 Å². The summed E-state index contributed by atoms with van der Waals surface area (Å²) in [5.74, 6) is -0.231.